The van der Waals surface area contributed by atoms with E-state index in [1.165, 1.54) is 6.07 Å². The van der Waals surface area contributed by atoms with Crippen molar-refractivity contribution < 1.29 is 24.1 Å². The average Bonchev–Trinajstić information content (AvgIpc) is 2.52. The fourth-order valence-electron chi connectivity index (χ4n) is 1.80. The van der Waals surface area contributed by atoms with E-state index >= 15 is 0 Å². The van der Waals surface area contributed by atoms with Gasteiger partial charge >= 0.3 is 5.97 Å². The molecule has 0 aliphatic heterocycles. The lowest BCUT2D eigenvalue weighted by atomic mass is 10.2. The highest BCUT2D eigenvalue weighted by Crippen LogP contribution is 2.28. The van der Waals surface area contributed by atoms with Crippen LogP contribution in [0.5, 0.6) is 17.2 Å². The van der Waals surface area contributed by atoms with Crippen LogP contribution in [0, 0.1) is 0 Å². The van der Waals surface area contributed by atoms with E-state index in [1.807, 2.05) is 0 Å². The number of rotatable bonds is 7. The number of carboxylic acids is 1. The summed E-state index contributed by atoms with van der Waals surface area (Å²) in [5, 5.41) is 9.48. The number of halogens is 1. The Morgan fingerprint density at radius 1 is 1.09 bits per heavy atom. The largest absolute Gasteiger partial charge is 0.497 e. The summed E-state index contributed by atoms with van der Waals surface area (Å²) in [7, 11) is 1.56. The molecule has 2 aromatic carbocycles. The lowest BCUT2D eigenvalue weighted by Crippen LogP contribution is -2.11. The minimum atomic E-state index is -1.03. The maximum absolute atomic E-state index is 11.0. The first kappa shape index (κ1) is 16.0. The summed E-state index contributed by atoms with van der Waals surface area (Å²) < 4.78 is 16.0. The molecule has 2 rings (SSSR count). The van der Waals surface area contributed by atoms with Gasteiger partial charge in [0.2, 0.25) is 0 Å². The second kappa shape index (κ2) is 7.56. The van der Waals surface area contributed by atoms with Crippen molar-refractivity contribution in [3.05, 3.63) is 53.1 Å². The van der Waals surface area contributed by atoms with Gasteiger partial charge in [0.05, 0.1) is 12.1 Å². The molecule has 0 atom stereocenters. The second-order valence-corrected chi connectivity index (χ2v) is 4.70. The zero-order valence-corrected chi connectivity index (χ0v) is 12.7. The number of para-hydroxylation sites is 1. The quantitative estimate of drug-likeness (QED) is 0.790. The first-order chi connectivity index (χ1) is 10.6. The van der Waals surface area contributed by atoms with Gasteiger partial charge in [0.1, 0.15) is 36.0 Å². The predicted molar refractivity (Wildman–Crippen MR) is 82.4 cm³/mol. The first-order valence-corrected chi connectivity index (χ1v) is 6.91. The van der Waals surface area contributed by atoms with Gasteiger partial charge in [-0.2, -0.15) is 0 Å². The molecule has 0 spiro atoms. The van der Waals surface area contributed by atoms with Gasteiger partial charge in [-0.3, -0.25) is 0 Å². The molecule has 0 aromatic heterocycles. The molecule has 0 heterocycles. The smallest absolute Gasteiger partial charge is 0.339 e. The standard InChI is InChI=1S/C16H15ClO5/c1-20-11-6-7-15(13(17)10-11)22-9-8-21-14-5-3-2-4-12(14)16(18)19/h2-7,10H,8-9H2,1H3,(H,18,19). The fraction of sp³-hybridized carbons (Fsp3) is 0.188. The molecule has 0 bridgehead atoms. The minimum Gasteiger partial charge on any atom is -0.497 e. The van der Waals surface area contributed by atoms with Crippen LogP contribution >= 0.6 is 11.6 Å². The number of aromatic carboxylic acids is 1. The summed E-state index contributed by atoms with van der Waals surface area (Å²) >= 11 is 6.05. The van der Waals surface area contributed by atoms with Crippen LogP contribution in [-0.4, -0.2) is 31.4 Å². The lowest BCUT2D eigenvalue weighted by molar-refractivity contribution is 0.0691. The van der Waals surface area contributed by atoms with Gasteiger partial charge in [-0.15, -0.1) is 0 Å². The second-order valence-electron chi connectivity index (χ2n) is 4.29. The number of methoxy groups -OCH3 is 1. The molecule has 0 aliphatic rings. The molecule has 0 aliphatic carbocycles. The number of carbonyl (C=O) groups is 1. The van der Waals surface area contributed by atoms with E-state index in [0.29, 0.717) is 22.3 Å². The van der Waals surface area contributed by atoms with Crippen LogP contribution in [0.1, 0.15) is 10.4 Å². The lowest BCUT2D eigenvalue weighted by Gasteiger charge is -2.11. The molecule has 1 N–H and O–H groups in total. The number of ether oxygens (including phenoxy) is 3. The van der Waals surface area contributed by atoms with Gasteiger partial charge in [0, 0.05) is 6.07 Å². The van der Waals surface area contributed by atoms with Gasteiger partial charge in [0.15, 0.2) is 0 Å². The van der Waals surface area contributed by atoms with Crippen LogP contribution in [-0.2, 0) is 0 Å². The van der Waals surface area contributed by atoms with E-state index in [9.17, 15) is 4.79 Å². The number of benzene rings is 2. The average molecular weight is 323 g/mol. The van der Waals surface area contributed by atoms with Crippen molar-refractivity contribution in [2.24, 2.45) is 0 Å². The molecule has 6 heteroatoms. The van der Waals surface area contributed by atoms with E-state index in [-0.39, 0.29) is 18.8 Å². The molecule has 5 nitrogen and oxygen atoms in total. The Morgan fingerprint density at radius 2 is 1.77 bits per heavy atom. The molecule has 116 valence electrons. The van der Waals surface area contributed by atoms with Crippen LogP contribution in [0.3, 0.4) is 0 Å². The topological polar surface area (TPSA) is 65.0 Å². The van der Waals surface area contributed by atoms with Gasteiger partial charge in [-0.1, -0.05) is 23.7 Å². The zero-order chi connectivity index (χ0) is 15.9. The van der Waals surface area contributed by atoms with Crippen LogP contribution in [0.4, 0.5) is 0 Å². The molecule has 0 amide bonds. The highest BCUT2D eigenvalue weighted by Gasteiger charge is 2.10. The van der Waals surface area contributed by atoms with E-state index in [2.05, 4.69) is 0 Å². The Balaban J connectivity index is 1.89. The van der Waals surface area contributed by atoms with Gasteiger partial charge in [0.25, 0.3) is 0 Å². The molecule has 22 heavy (non-hydrogen) atoms. The van der Waals surface area contributed by atoms with Crippen LogP contribution in [0.15, 0.2) is 42.5 Å². The van der Waals surface area contributed by atoms with Crippen molar-refractivity contribution in [1.29, 1.82) is 0 Å². The molecule has 0 saturated carbocycles. The molecular formula is C16H15ClO5. The monoisotopic (exact) mass is 322 g/mol. The maximum atomic E-state index is 11.0. The molecule has 0 saturated heterocycles. The summed E-state index contributed by atoms with van der Waals surface area (Å²) in [5.74, 6) is 0.427. The van der Waals surface area contributed by atoms with Gasteiger partial charge in [-0.05, 0) is 24.3 Å². The van der Waals surface area contributed by atoms with Crippen LogP contribution < -0.4 is 14.2 Å². The fourth-order valence-corrected chi connectivity index (χ4v) is 2.02. The molecule has 0 radical (unpaired) electrons. The first-order valence-electron chi connectivity index (χ1n) is 6.53. The normalized spacial score (nSPS) is 10.1. The third-order valence-electron chi connectivity index (χ3n) is 2.85. The van der Waals surface area contributed by atoms with E-state index in [4.69, 9.17) is 30.9 Å². The molecule has 2 aromatic rings. The third kappa shape index (κ3) is 4.05. The van der Waals surface area contributed by atoms with Crippen molar-refractivity contribution >= 4 is 17.6 Å². The van der Waals surface area contributed by atoms with Crippen LogP contribution in [0.25, 0.3) is 0 Å². The third-order valence-corrected chi connectivity index (χ3v) is 3.15. The Kier molecular flexibility index (Phi) is 5.49. The number of hydrogen-bond donors (Lipinski definition) is 1. The van der Waals surface area contributed by atoms with E-state index < -0.39 is 5.97 Å². The number of hydrogen-bond acceptors (Lipinski definition) is 4. The van der Waals surface area contributed by atoms with Crippen molar-refractivity contribution in [3.63, 3.8) is 0 Å². The maximum Gasteiger partial charge on any atom is 0.339 e. The Bertz CT molecular complexity index is 657. The SMILES string of the molecule is COc1ccc(OCCOc2ccccc2C(=O)O)c(Cl)c1. The molecule has 0 fully saturated rings. The molecular weight excluding hydrogens is 308 g/mol. The zero-order valence-electron chi connectivity index (χ0n) is 11.9. The number of carboxylic acid groups (broad SMARTS) is 1. The Hall–Kier alpha value is -2.40. The highest BCUT2D eigenvalue weighted by molar-refractivity contribution is 6.32. The summed E-state index contributed by atoms with van der Waals surface area (Å²) in [5.41, 5.74) is 0.116. The summed E-state index contributed by atoms with van der Waals surface area (Å²) in [4.78, 5) is 11.0. The van der Waals surface area contributed by atoms with Crippen molar-refractivity contribution in [3.8, 4) is 17.2 Å². The van der Waals surface area contributed by atoms with Crippen LogP contribution in [0.2, 0.25) is 5.02 Å². The Labute approximate surface area is 133 Å². The predicted octanol–water partition coefficient (Wildman–Crippen LogP) is 3.50. The minimum absolute atomic E-state index is 0.116. The van der Waals surface area contributed by atoms with Crippen molar-refractivity contribution in [1.82, 2.24) is 0 Å². The van der Waals surface area contributed by atoms with Crippen molar-refractivity contribution in [2.75, 3.05) is 20.3 Å². The van der Waals surface area contributed by atoms with Gasteiger partial charge in [-0.25, -0.2) is 4.79 Å². The van der Waals surface area contributed by atoms with E-state index in [1.54, 1.807) is 43.5 Å². The Morgan fingerprint density at radius 3 is 2.41 bits per heavy atom. The van der Waals surface area contributed by atoms with Crippen molar-refractivity contribution in [2.45, 2.75) is 0 Å². The summed E-state index contributed by atoms with van der Waals surface area (Å²) in [6.07, 6.45) is 0. The van der Waals surface area contributed by atoms with Gasteiger partial charge < -0.3 is 19.3 Å². The molecule has 0 unspecified atom stereocenters. The summed E-state index contributed by atoms with van der Waals surface area (Å²) in [6, 6.07) is 11.5. The summed E-state index contributed by atoms with van der Waals surface area (Å²) in [6.45, 7) is 0.437. The highest BCUT2D eigenvalue weighted by atomic mass is 35.5. The van der Waals surface area contributed by atoms with E-state index in [0.717, 1.165) is 0 Å².